The van der Waals surface area contributed by atoms with Gasteiger partial charge in [-0.15, -0.1) is 0 Å². The van der Waals surface area contributed by atoms with Crippen LogP contribution < -0.4 is 5.32 Å². The minimum absolute atomic E-state index is 0.850. The van der Waals surface area contributed by atoms with Crippen LogP contribution in [0.15, 0.2) is 29.5 Å². The van der Waals surface area contributed by atoms with Gasteiger partial charge in [0.15, 0.2) is 0 Å². The summed E-state index contributed by atoms with van der Waals surface area (Å²) in [4.78, 5) is 3.52. The fourth-order valence-electron chi connectivity index (χ4n) is 0.359. The number of nitrogens with one attached hydrogen (secondary N) is 1. The van der Waals surface area contributed by atoms with Gasteiger partial charge in [0.2, 0.25) is 0 Å². The minimum Gasteiger partial charge on any atom is -0.386 e. The van der Waals surface area contributed by atoms with Gasteiger partial charge in [-0.05, 0) is 13.6 Å². The molecule has 0 spiro atoms. The summed E-state index contributed by atoms with van der Waals surface area (Å²) >= 11 is 0. The molecule has 0 bridgehead atoms. The first-order valence-electron chi connectivity index (χ1n) is 2.87. The largest absolute Gasteiger partial charge is 0.386 e. The van der Waals surface area contributed by atoms with Crippen molar-refractivity contribution in [3.05, 3.63) is 24.6 Å². The third-order valence-electron chi connectivity index (χ3n) is 0.769. The standard InChI is InChI=1S/C7H12N2/c1-3-4-5-9-7-6-8-2/h3-4,6-7,9H,2,5H2,1H3/b4-3-,7-6-. The monoisotopic (exact) mass is 124 g/mol. The molecule has 0 aliphatic rings. The summed E-state index contributed by atoms with van der Waals surface area (Å²) in [7, 11) is 0. The molecule has 0 saturated carbocycles. The highest BCUT2D eigenvalue weighted by atomic mass is 14.8. The van der Waals surface area contributed by atoms with Crippen LogP contribution in [0.1, 0.15) is 6.92 Å². The van der Waals surface area contributed by atoms with Gasteiger partial charge in [-0.2, -0.15) is 0 Å². The van der Waals surface area contributed by atoms with Crippen molar-refractivity contribution >= 4 is 6.72 Å². The molecule has 0 unspecified atom stereocenters. The van der Waals surface area contributed by atoms with Crippen molar-refractivity contribution in [2.24, 2.45) is 4.99 Å². The highest BCUT2D eigenvalue weighted by Crippen LogP contribution is 1.69. The van der Waals surface area contributed by atoms with Crippen LogP contribution in [-0.4, -0.2) is 13.3 Å². The summed E-state index contributed by atoms with van der Waals surface area (Å²) in [6.45, 7) is 6.12. The Labute approximate surface area is 56.0 Å². The average molecular weight is 124 g/mol. The molecule has 9 heavy (non-hydrogen) atoms. The van der Waals surface area contributed by atoms with Crippen molar-refractivity contribution in [1.29, 1.82) is 0 Å². The van der Waals surface area contributed by atoms with Crippen LogP contribution in [0, 0.1) is 0 Å². The zero-order valence-electron chi connectivity index (χ0n) is 5.67. The van der Waals surface area contributed by atoms with E-state index in [4.69, 9.17) is 0 Å². The molecule has 1 N–H and O–H groups in total. The predicted molar refractivity (Wildman–Crippen MR) is 41.5 cm³/mol. The summed E-state index contributed by atoms with van der Waals surface area (Å²) in [5.41, 5.74) is 0. The zero-order chi connectivity index (χ0) is 6.95. The molecule has 0 fully saturated rings. The minimum atomic E-state index is 0.850. The van der Waals surface area contributed by atoms with Crippen molar-refractivity contribution in [3.8, 4) is 0 Å². The van der Waals surface area contributed by atoms with E-state index in [0.717, 1.165) is 6.54 Å². The number of hydrogen-bond donors (Lipinski definition) is 1. The second kappa shape index (κ2) is 6.95. The lowest BCUT2D eigenvalue weighted by Crippen LogP contribution is -2.02. The highest BCUT2D eigenvalue weighted by molar-refractivity contribution is 5.25. The molecular formula is C7H12N2. The Morgan fingerprint density at radius 2 is 2.44 bits per heavy atom. The van der Waals surface area contributed by atoms with Crippen LogP contribution in [0.3, 0.4) is 0 Å². The quantitative estimate of drug-likeness (QED) is 0.341. The third-order valence-corrected chi connectivity index (χ3v) is 0.769. The lowest BCUT2D eigenvalue weighted by Gasteiger charge is -1.89. The van der Waals surface area contributed by atoms with E-state index in [2.05, 4.69) is 17.0 Å². The molecular weight excluding hydrogens is 112 g/mol. The van der Waals surface area contributed by atoms with E-state index in [9.17, 15) is 0 Å². The number of rotatable bonds is 4. The van der Waals surface area contributed by atoms with Gasteiger partial charge in [-0.25, -0.2) is 0 Å². The number of allylic oxidation sites excluding steroid dienone is 1. The molecule has 0 aromatic rings. The Hall–Kier alpha value is -1.05. The highest BCUT2D eigenvalue weighted by Gasteiger charge is 1.66. The van der Waals surface area contributed by atoms with Gasteiger partial charge >= 0.3 is 0 Å². The average Bonchev–Trinajstić information content (AvgIpc) is 1.89. The first kappa shape index (κ1) is 7.95. The molecule has 2 heteroatoms. The Morgan fingerprint density at radius 1 is 1.67 bits per heavy atom. The molecule has 0 aliphatic carbocycles. The van der Waals surface area contributed by atoms with Crippen LogP contribution in [0.2, 0.25) is 0 Å². The molecule has 0 aromatic carbocycles. The second-order valence-electron chi connectivity index (χ2n) is 1.48. The summed E-state index contributed by atoms with van der Waals surface area (Å²) in [5, 5.41) is 2.99. The van der Waals surface area contributed by atoms with Crippen molar-refractivity contribution < 1.29 is 0 Å². The van der Waals surface area contributed by atoms with Gasteiger partial charge in [0, 0.05) is 18.9 Å². The summed E-state index contributed by atoms with van der Waals surface area (Å²) in [6, 6.07) is 0. The maximum absolute atomic E-state index is 3.52. The Bertz CT molecular complexity index is 114. The van der Waals surface area contributed by atoms with E-state index >= 15 is 0 Å². The fraction of sp³-hybridized carbons (Fsp3) is 0.286. The fourth-order valence-corrected chi connectivity index (χ4v) is 0.359. The van der Waals surface area contributed by atoms with Crippen molar-refractivity contribution in [2.75, 3.05) is 6.54 Å². The van der Waals surface area contributed by atoms with E-state index in [1.807, 2.05) is 19.1 Å². The molecule has 0 heterocycles. The lowest BCUT2D eigenvalue weighted by molar-refractivity contribution is 0.980. The smallest absolute Gasteiger partial charge is 0.0417 e. The van der Waals surface area contributed by atoms with Gasteiger partial charge in [0.25, 0.3) is 0 Å². The summed E-state index contributed by atoms with van der Waals surface area (Å²) < 4.78 is 0. The van der Waals surface area contributed by atoms with E-state index in [0.29, 0.717) is 0 Å². The number of aliphatic imine (C=N–C) groups is 1. The maximum atomic E-state index is 3.52. The Kier molecular flexibility index (Phi) is 6.14. The lowest BCUT2D eigenvalue weighted by atomic mass is 10.5. The van der Waals surface area contributed by atoms with E-state index in [1.54, 1.807) is 12.4 Å². The number of hydrogen-bond acceptors (Lipinski definition) is 2. The van der Waals surface area contributed by atoms with Gasteiger partial charge in [-0.1, -0.05) is 12.2 Å². The SMILES string of the molecule is C=N/C=C\NC/C=C\C. The summed E-state index contributed by atoms with van der Waals surface area (Å²) in [6.07, 6.45) is 7.38. The van der Waals surface area contributed by atoms with Crippen LogP contribution in [-0.2, 0) is 0 Å². The van der Waals surface area contributed by atoms with Gasteiger partial charge in [0.05, 0.1) is 0 Å². The molecule has 0 aliphatic heterocycles. The topological polar surface area (TPSA) is 24.4 Å². The molecule has 2 nitrogen and oxygen atoms in total. The van der Waals surface area contributed by atoms with E-state index in [-0.39, 0.29) is 0 Å². The maximum Gasteiger partial charge on any atom is 0.0417 e. The van der Waals surface area contributed by atoms with Gasteiger partial charge < -0.3 is 5.32 Å². The van der Waals surface area contributed by atoms with Crippen molar-refractivity contribution in [3.63, 3.8) is 0 Å². The first-order valence-corrected chi connectivity index (χ1v) is 2.87. The van der Waals surface area contributed by atoms with Crippen molar-refractivity contribution in [2.45, 2.75) is 6.92 Å². The summed E-state index contributed by atoms with van der Waals surface area (Å²) in [5.74, 6) is 0. The molecule has 0 saturated heterocycles. The Morgan fingerprint density at radius 3 is 3.00 bits per heavy atom. The second-order valence-corrected chi connectivity index (χ2v) is 1.48. The van der Waals surface area contributed by atoms with Gasteiger partial charge in [0.1, 0.15) is 0 Å². The van der Waals surface area contributed by atoms with Crippen LogP contribution in [0.5, 0.6) is 0 Å². The van der Waals surface area contributed by atoms with Crippen LogP contribution >= 0.6 is 0 Å². The number of nitrogens with zero attached hydrogens (tertiary/aromatic N) is 1. The van der Waals surface area contributed by atoms with E-state index in [1.165, 1.54) is 0 Å². The van der Waals surface area contributed by atoms with Crippen LogP contribution in [0.4, 0.5) is 0 Å². The third kappa shape index (κ3) is 6.95. The molecule has 0 aromatic heterocycles. The molecule has 0 amide bonds. The predicted octanol–water partition coefficient (Wildman–Crippen LogP) is 1.32. The van der Waals surface area contributed by atoms with Crippen LogP contribution in [0.25, 0.3) is 0 Å². The van der Waals surface area contributed by atoms with Gasteiger partial charge in [-0.3, -0.25) is 4.99 Å². The molecule has 50 valence electrons. The molecule has 0 atom stereocenters. The zero-order valence-corrected chi connectivity index (χ0v) is 5.67. The first-order chi connectivity index (χ1) is 4.41. The molecule has 0 radical (unpaired) electrons. The normalized spacial score (nSPS) is 10.8. The van der Waals surface area contributed by atoms with Crippen molar-refractivity contribution in [1.82, 2.24) is 5.32 Å². The Balaban J connectivity index is 3.08. The molecule has 0 rings (SSSR count). The van der Waals surface area contributed by atoms with E-state index < -0.39 is 0 Å².